The van der Waals surface area contributed by atoms with Gasteiger partial charge in [-0.15, -0.1) is 11.3 Å². The first-order valence-electron chi connectivity index (χ1n) is 5.71. The van der Waals surface area contributed by atoms with Gasteiger partial charge in [0, 0.05) is 16.5 Å². The molecule has 1 aromatic heterocycles. The molecule has 19 heavy (non-hydrogen) atoms. The van der Waals surface area contributed by atoms with Crippen LogP contribution in [0.3, 0.4) is 0 Å². The summed E-state index contributed by atoms with van der Waals surface area (Å²) in [6.07, 6.45) is -0.480. The van der Waals surface area contributed by atoms with Crippen LogP contribution in [0.2, 0.25) is 0 Å². The Morgan fingerprint density at radius 1 is 1.47 bits per heavy atom. The Kier molecular flexibility index (Phi) is 2.94. The molecule has 0 aliphatic carbocycles. The minimum Gasteiger partial charge on any atom is -0.463 e. The highest BCUT2D eigenvalue weighted by Gasteiger charge is 2.31. The zero-order valence-electron chi connectivity index (χ0n) is 9.72. The van der Waals surface area contributed by atoms with E-state index in [0.29, 0.717) is 16.5 Å². The number of benzene rings is 1. The van der Waals surface area contributed by atoms with Crippen LogP contribution in [0.5, 0.6) is 0 Å². The fourth-order valence-electron chi connectivity index (χ4n) is 1.90. The first kappa shape index (κ1) is 12.1. The van der Waals surface area contributed by atoms with Crippen molar-refractivity contribution < 1.29 is 23.5 Å². The molecule has 6 heteroatoms. The normalized spacial score (nSPS) is 18.6. The van der Waals surface area contributed by atoms with Crippen molar-refractivity contribution in [2.75, 3.05) is 6.61 Å². The second-order valence-corrected chi connectivity index (χ2v) is 5.20. The second-order valence-electron chi connectivity index (χ2n) is 4.11. The lowest BCUT2D eigenvalue weighted by Crippen LogP contribution is -2.22. The third-order valence-electron chi connectivity index (χ3n) is 2.85. The number of hydrogen-bond acceptors (Lipinski definition) is 5. The number of carbonyl (C=O) groups is 2. The Morgan fingerprint density at radius 2 is 2.32 bits per heavy atom. The van der Waals surface area contributed by atoms with E-state index in [1.165, 1.54) is 12.1 Å². The van der Waals surface area contributed by atoms with Crippen molar-refractivity contribution >= 4 is 33.4 Å². The molecular formula is C13H9FO4S. The molecule has 1 saturated heterocycles. The van der Waals surface area contributed by atoms with Crippen LogP contribution in [-0.4, -0.2) is 24.6 Å². The number of esters is 2. The molecule has 3 rings (SSSR count). The Morgan fingerprint density at radius 3 is 3.00 bits per heavy atom. The number of carbonyl (C=O) groups excluding carboxylic acids is 2. The van der Waals surface area contributed by atoms with Crippen molar-refractivity contribution in [2.45, 2.75) is 12.5 Å². The summed E-state index contributed by atoms with van der Waals surface area (Å²) >= 11 is 1.14. The lowest BCUT2D eigenvalue weighted by Gasteiger charge is -2.06. The molecule has 2 aromatic rings. The van der Waals surface area contributed by atoms with Gasteiger partial charge in [-0.05, 0) is 18.2 Å². The lowest BCUT2D eigenvalue weighted by atomic mass is 10.2. The van der Waals surface area contributed by atoms with Gasteiger partial charge >= 0.3 is 11.9 Å². The fraction of sp³-hybridized carbons (Fsp3) is 0.231. The number of hydrogen-bond donors (Lipinski definition) is 0. The molecule has 1 aromatic carbocycles. The molecule has 0 bridgehead atoms. The maximum Gasteiger partial charge on any atom is 0.349 e. The van der Waals surface area contributed by atoms with E-state index in [1.54, 1.807) is 12.1 Å². The van der Waals surface area contributed by atoms with E-state index >= 15 is 0 Å². The summed E-state index contributed by atoms with van der Waals surface area (Å²) in [7, 11) is 0. The van der Waals surface area contributed by atoms with Crippen LogP contribution in [0.1, 0.15) is 16.1 Å². The molecular weight excluding hydrogens is 271 g/mol. The van der Waals surface area contributed by atoms with Gasteiger partial charge in [0.2, 0.25) is 6.10 Å². The molecule has 0 N–H and O–H groups in total. The number of thiophene rings is 1. The van der Waals surface area contributed by atoms with Crippen LogP contribution in [0.25, 0.3) is 10.1 Å². The van der Waals surface area contributed by atoms with Gasteiger partial charge in [-0.3, -0.25) is 0 Å². The molecule has 1 aliphatic rings. The molecule has 1 fully saturated rings. The summed E-state index contributed by atoms with van der Waals surface area (Å²) in [6, 6.07) is 6.08. The van der Waals surface area contributed by atoms with E-state index in [-0.39, 0.29) is 17.3 Å². The van der Waals surface area contributed by atoms with Crippen LogP contribution in [-0.2, 0) is 14.3 Å². The van der Waals surface area contributed by atoms with Crippen LogP contribution in [0.4, 0.5) is 4.39 Å². The lowest BCUT2D eigenvalue weighted by molar-refractivity contribution is -0.145. The largest absolute Gasteiger partial charge is 0.463 e. The second kappa shape index (κ2) is 4.62. The summed E-state index contributed by atoms with van der Waals surface area (Å²) in [5.41, 5.74) is 0. The Bertz CT molecular complexity index is 664. The third kappa shape index (κ3) is 2.19. The zero-order chi connectivity index (χ0) is 13.4. The fourth-order valence-corrected chi connectivity index (χ4v) is 2.86. The van der Waals surface area contributed by atoms with Crippen LogP contribution < -0.4 is 0 Å². The SMILES string of the molecule is O=C(O[C@@H]1CCOC1=O)c1cc2c(F)cccc2s1. The predicted molar refractivity (Wildman–Crippen MR) is 66.6 cm³/mol. The highest BCUT2D eigenvalue weighted by Crippen LogP contribution is 2.28. The Labute approximate surface area is 111 Å². The maximum absolute atomic E-state index is 13.5. The monoisotopic (exact) mass is 280 g/mol. The molecule has 98 valence electrons. The van der Waals surface area contributed by atoms with Gasteiger partial charge in [0.05, 0.1) is 6.61 Å². The summed E-state index contributed by atoms with van der Waals surface area (Å²) in [5, 5.41) is 0.383. The highest BCUT2D eigenvalue weighted by atomic mass is 32.1. The van der Waals surface area contributed by atoms with E-state index in [4.69, 9.17) is 9.47 Å². The van der Waals surface area contributed by atoms with Gasteiger partial charge < -0.3 is 9.47 Å². The quantitative estimate of drug-likeness (QED) is 0.793. The van der Waals surface area contributed by atoms with E-state index in [1.807, 2.05) is 0 Å². The molecule has 0 amide bonds. The number of cyclic esters (lactones) is 1. The van der Waals surface area contributed by atoms with Crippen molar-refractivity contribution in [1.82, 2.24) is 0 Å². The summed E-state index contributed by atoms with van der Waals surface area (Å²) in [4.78, 5) is 23.4. The summed E-state index contributed by atoms with van der Waals surface area (Å²) in [5.74, 6) is -1.53. The number of rotatable bonds is 2. The molecule has 0 saturated carbocycles. The van der Waals surface area contributed by atoms with Gasteiger partial charge in [-0.1, -0.05) is 6.07 Å². The predicted octanol–water partition coefficient (Wildman–Crippen LogP) is 2.51. The molecule has 1 aliphatic heterocycles. The van der Waals surface area contributed by atoms with Crippen LogP contribution in [0, 0.1) is 5.82 Å². The van der Waals surface area contributed by atoms with E-state index in [0.717, 1.165) is 11.3 Å². The average molecular weight is 280 g/mol. The molecule has 1 atom stereocenters. The molecule has 0 spiro atoms. The van der Waals surface area contributed by atoms with Crippen molar-refractivity contribution in [3.63, 3.8) is 0 Å². The minimum atomic E-state index is -0.845. The first-order valence-corrected chi connectivity index (χ1v) is 6.52. The van der Waals surface area contributed by atoms with Gasteiger partial charge in [0.1, 0.15) is 10.7 Å². The van der Waals surface area contributed by atoms with Gasteiger partial charge in [-0.2, -0.15) is 0 Å². The van der Waals surface area contributed by atoms with Crippen LogP contribution in [0.15, 0.2) is 24.3 Å². The highest BCUT2D eigenvalue weighted by molar-refractivity contribution is 7.20. The van der Waals surface area contributed by atoms with E-state index < -0.39 is 18.0 Å². The minimum absolute atomic E-state index is 0.262. The van der Waals surface area contributed by atoms with Gasteiger partial charge in [0.25, 0.3) is 0 Å². The molecule has 4 nitrogen and oxygen atoms in total. The molecule has 2 heterocycles. The summed E-state index contributed by atoms with van der Waals surface area (Å²) < 4.78 is 23.9. The van der Waals surface area contributed by atoms with Gasteiger partial charge in [0.15, 0.2) is 0 Å². The molecule has 0 unspecified atom stereocenters. The maximum atomic E-state index is 13.5. The Hall–Kier alpha value is -1.95. The van der Waals surface area contributed by atoms with Gasteiger partial charge in [-0.25, -0.2) is 14.0 Å². The summed E-state index contributed by atoms with van der Waals surface area (Å²) in [6.45, 7) is 0.262. The zero-order valence-corrected chi connectivity index (χ0v) is 10.5. The Balaban J connectivity index is 1.85. The number of fused-ring (bicyclic) bond motifs is 1. The number of ether oxygens (including phenoxy) is 2. The standard InChI is InChI=1S/C13H9FO4S/c14-8-2-1-3-10-7(8)6-11(19-10)13(16)18-9-4-5-17-12(9)15/h1-3,6,9H,4-5H2/t9-/m1/s1. The van der Waals surface area contributed by atoms with E-state index in [2.05, 4.69) is 0 Å². The van der Waals surface area contributed by atoms with Crippen molar-refractivity contribution in [3.05, 3.63) is 35.0 Å². The van der Waals surface area contributed by atoms with Crippen molar-refractivity contribution in [2.24, 2.45) is 0 Å². The number of halogens is 1. The van der Waals surface area contributed by atoms with E-state index in [9.17, 15) is 14.0 Å². The first-order chi connectivity index (χ1) is 9.15. The smallest absolute Gasteiger partial charge is 0.349 e. The third-order valence-corrected chi connectivity index (χ3v) is 3.93. The van der Waals surface area contributed by atoms with Crippen molar-refractivity contribution in [3.8, 4) is 0 Å². The average Bonchev–Trinajstić information content (AvgIpc) is 2.97. The molecule has 0 radical (unpaired) electrons. The van der Waals surface area contributed by atoms with Crippen LogP contribution >= 0.6 is 11.3 Å². The van der Waals surface area contributed by atoms with Crippen molar-refractivity contribution in [1.29, 1.82) is 0 Å². The topological polar surface area (TPSA) is 52.6 Å².